The van der Waals surface area contributed by atoms with Crippen LogP contribution in [0.1, 0.15) is 31.9 Å². The smallest absolute Gasteiger partial charge is 0.240 e. The molecule has 0 aliphatic rings. The minimum absolute atomic E-state index is 0.0744. The molecule has 0 saturated heterocycles. The molecule has 0 atom stereocenters. The topological polar surface area (TPSA) is 72.2 Å². The van der Waals surface area contributed by atoms with Gasteiger partial charge in [-0.05, 0) is 40.1 Å². The molecule has 0 bridgehead atoms. The number of nitrogens with one attached hydrogen (secondary N) is 1. The second-order valence-electron chi connectivity index (χ2n) is 7.50. The quantitative estimate of drug-likeness (QED) is 0.678. The summed E-state index contributed by atoms with van der Waals surface area (Å²) in [6, 6.07) is 18.5. The monoisotopic (exact) mass is 368 g/mol. The highest BCUT2D eigenvalue weighted by Gasteiger charge is 2.16. The maximum Gasteiger partial charge on any atom is 0.240 e. The van der Waals surface area contributed by atoms with E-state index in [1.54, 1.807) is 24.3 Å². The summed E-state index contributed by atoms with van der Waals surface area (Å²) in [6.45, 7) is 6.70. The minimum atomic E-state index is -3.59. The van der Waals surface area contributed by atoms with Crippen LogP contribution in [0.2, 0.25) is 0 Å². The molecule has 26 heavy (non-hydrogen) atoms. The molecule has 0 heterocycles. The van der Waals surface area contributed by atoms with Crippen molar-refractivity contribution in [2.75, 3.05) is 5.73 Å². The summed E-state index contributed by atoms with van der Waals surface area (Å²) in [5, 5.41) is 1.66. The van der Waals surface area contributed by atoms with Crippen LogP contribution >= 0.6 is 0 Å². The Kier molecular flexibility index (Phi) is 4.78. The van der Waals surface area contributed by atoms with Crippen LogP contribution in [0.25, 0.3) is 10.8 Å². The maximum absolute atomic E-state index is 12.6. The van der Waals surface area contributed by atoms with E-state index in [-0.39, 0.29) is 16.9 Å². The van der Waals surface area contributed by atoms with Crippen LogP contribution in [0.4, 0.5) is 5.69 Å². The molecule has 0 unspecified atom stereocenters. The normalized spacial score (nSPS) is 12.4. The molecule has 0 amide bonds. The molecule has 3 rings (SSSR count). The Bertz CT molecular complexity index is 1030. The van der Waals surface area contributed by atoms with Gasteiger partial charge in [0.2, 0.25) is 10.0 Å². The molecular formula is C21H24N2O2S. The standard InChI is InChI=1S/C21H24N2O2S/c1-21(2,3)17-9-7-15(8-10-17)14-23-26(24,25)18-11-12-19-16(13-18)5-4-6-20(19)22/h4-13,23H,14,22H2,1-3H3. The first-order chi connectivity index (χ1) is 12.2. The lowest BCUT2D eigenvalue weighted by atomic mass is 9.87. The van der Waals surface area contributed by atoms with E-state index in [1.807, 2.05) is 36.4 Å². The first-order valence-electron chi connectivity index (χ1n) is 8.54. The highest BCUT2D eigenvalue weighted by atomic mass is 32.2. The summed E-state index contributed by atoms with van der Waals surface area (Å²) >= 11 is 0. The van der Waals surface area contributed by atoms with Crippen molar-refractivity contribution in [1.82, 2.24) is 4.72 Å². The first-order valence-corrected chi connectivity index (χ1v) is 10.0. The summed E-state index contributed by atoms with van der Waals surface area (Å²) < 4.78 is 27.9. The number of nitrogens with two attached hydrogens (primary N) is 1. The average Bonchev–Trinajstić information content (AvgIpc) is 2.59. The lowest BCUT2D eigenvalue weighted by molar-refractivity contribution is 0.580. The molecule has 136 valence electrons. The van der Waals surface area contributed by atoms with Gasteiger partial charge in [0.1, 0.15) is 0 Å². The van der Waals surface area contributed by atoms with E-state index >= 15 is 0 Å². The Morgan fingerprint density at radius 1 is 0.962 bits per heavy atom. The van der Waals surface area contributed by atoms with Crippen molar-refractivity contribution >= 4 is 26.5 Å². The molecule has 3 aromatic rings. The van der Waals surface area contributed by atoms with Crippen LogP contribution in [-0.4, -0.2) is 8.42 Å². The zero-order valence-corrected chi connectivity index (χ0v) is 16.1. The van der Waals surface area contributed by atoms with Crippen molar-refractivity contribution in [2.45, 2.75) is 37.6 Å². The predicted octanol–water partition coefficient (Wildman–Crippen LogP) is 4.20. The average molecular weight is 369 g/mol. The number of nitrogen functional groups attached to an aromatic ring is 1. The number of sulfonamides is 1. The number of fused-ring (bicyclic) bond motifs is 1. The first kappa shape index (κ1) is 18.4. The van der Waals surface area contributed by atoms with Gasteiger partial charge >= 0.3 is 0 Å². The van der Waals surface area contributed by atoms with Gasteiger partial charge in [0, 0.05) is 17.6 Å². The van der Waals surface area contributed by atoms with Crippen LogP contribution in [0.3, 0.4) is 0 Å². The molecule has 0 spiro atoms. The minimum Gasteiger partial charge on any atom is -0.398 e. The number of rotatable bonds is 4. The SMILES string of the molecule is CC(C)(C)c1ccc(CNS(=O)(=O)c2ccc3c(N)cccc3c2)cc1. The number of hydrogen-bond acceptors (Lipinski definition) is 3. The highest BCUT2D eigenvalue weighted by molar-refractivity contribution is 7.89. The van der Waals surface area contributed by atoms with Gasteiger partial charge in [-0.3, -0.25) is 0 Å². The van der Waals surface area contributed by atoms with Crippen LogP contribution < -0.4 is 10.5 Å². The summed E-state index contributed by atoms with van der Waals surface area (Å²) in [5.74, 6) is 0. The van der Waals surface area contributed by atoms with Gasteiger partial charge in [-0.1, -0.05) is 63.2 Å². The van der Waals surface area contributed by atoms with E-state index in [4.69, 9.17) is 5.73 Å². The molecule has 0 aromatic heterocycles. The zero-order chi connectivity index (χ0) is 18.9. The van der Waals surface area contributed by atoms with Gasteiger partial charge in [0.15, 0.2) is 0 Å². The summed E-state index contributed by atoms with van der Waals surface area (Å²) in [4.78, 5) is 0.238. The van der Waals surface area contributed by atoms with E-state index in [2.05, 4.69) is 25.5 Å². The highest BCUT2D eigenvalue weighted by Crippen LogP contribution is 2.24. The molecule has 3 aromatic carbocycles. The molecule has 0 saturated carbocycles. The lowest BCUT2D eigenvalue weighted by Gasteiger charge is -2.19. The predicted molar refractivity (Wildman–Crippen MR) is 108 cm³/mol. The molecule has 0 aliphatic carbocycles. The zero-order valence-electron chi connectivity index (χ0n) is 15.3. The van der Waals surface area contributed by atoms with Gasteiger partial charge in [-0.2, -0.15) is 0 Å². The number of benzene rings is 3. The van der Waals surface area contributed by atoms with Gasteiger partial charge in [0.05, 0.1) is 4.90 Å². The largest absolute Gasteiger partial charge is 0.398 e. The Morgan fingerprint density at radius 2 is 1.65 bits per heavy atom. The Morgan fingerprint density at radius 3 is 2.31 bits per heavy atom. The van der Waals surface area contributed by atoms with Crippen molar-refractivity contribution in [3.63, 3.8) is 0 Å². The fourth-order valence-electron chi connectivity index (χ4n) is 2.84. The fraction of sp³-hybridized carbons (Fsp3) is 0.238. The third-order valence-corrected chi connectivity index (χ3v) is 5.88. The molecular weight excluding hydrogens is 344 g/mol. The second-order valence-corrected chi connectivity index (χ2v) is 9.27. The van der Waals surface area contributed by atoms with Gasteiger partial charge in [0.25, 0.3) is 0 Å². The van der Waals surface area contributed by atoms with E-state index in [1.165, 1.54) is 5.56 Å². The van der Waals surface area contributed by atoms with Crippen LogP contribution in [0.5, 0.6) is 0 Å². The fourth-order valence-corrected chi connectivity index (χ4v) is 3.89. The van der Waals surface area contributed by atoms with Gasteiger partial charge in [-0.15, -0.1) is 0 Å². The van der Waals surface area contributed by atoms with Crippen molar-refractivity contribution in [1.29, 1.82) is 0 Å². The Labute approximate surface area is 155 Å². The second kappa shape index (κ2) is 6.74. The summed E-state index contributed by atoms with van der Waals surface area (Å²) in [7, 11) is -3.59. The van der Waals surface area contributed by atoms with Gasteiger partial charge in [-0.25, -0.2) is 13.1 Å². The van der Waals surface area contributed by atoms with Crippen molar-refractivity contribution in [3.8, 4) is 0 Å². The van der Waals surface area contributed by atoms with Crippen molar-refractivity contribution < 1.29 is 8.42 Å². The van der Waals surface area contributed by atoms with Crippen LogP contribution in [-0.2, 0) is 22.0 Å². The van der Waals surface area contributed by atoms with Crippen LogP contribution in [0, 0.1) is 0 Å². The van der Waals surface area contributed by atoms with Gasteiger partial charge < -0.3 is 5.73 Å². The van der Waals surface area contributed by atoms with Crippen molar-refractivity contribution in [2.24, 2.45) is 0 Å². The Balaban J connectivity index is 1.79. The molecule has 3 N–H and O–H groups in total. The maximum atomic E-state index is 12.6. The summed E-state index contributed by atoms with van der Waals surface area (Å²) in [5.41, 5.74) is 8.78. The molecule has 4 nitrogen and oxygen atoms in total. The lowest BCUT2D eigenvalue weighted by Crippen LogP contribution is -2.23. The van der Waals surface area contributed by atoms with Crippen molar-refractivity contribution in [3.05, 3.63) is 71.8 Å². The number of anilines is 1. The molecule has 5 heteroatoms. The van der Waals surface area contributed by atoms with E-state index in [0.29, 0.717) is 5.69 Å². The molecule has 0 radical (unpaired) electrons. The van der Waals surface area contributed by atoms with E-state index in [9.17, 15) is 8.42 Å². The Hall–Kier alpha value is -2.37. The molecule has 0 aliphatic heterocycles. The molecule has 0 fully saturated rings. The third-order valence-electron chi connectivity index (χ3n) is 4.48. The van der Waals surface area contributed by atoms with E-state index in [0.717, 1.165) is 16.3 Å². The number of hydrogen-bond donors (Lipinski definition) is 2. The summed E-state index contributed by atoms with van der Waals surface area (Å²) in [6.07, 6.45) is 0. The third kappa shape index (κ3) is 3.89. The van der Waals surface area contributed by atoms with Crippen LogP contribution in [0.15, 0.2) is 65.6 Å². The van der Waals surface area contributed by atoms with E-state index < -0.39 is 10.0 Å².